The molecule has 0 fully saturated rings. The first-order valence-corrected chi connectivity index (χ1v) is 7.30. The van der Waals surface area contributed by atoms with Gasteiger partial charge >= 0.3 is 0 Å². The van der Waals surface area contributed by atoms with Crippen molar-refractivity contribution in [2.45, 2.75) is 26.7 Å². The Morgan fingerprint density at radius 3 is 2.71 bits per heavy atom. The molecule has 1 heterocycles. The maximum Gasteiger partial charge on any atom is 0.138 e. The minimum Gasteiger partial charge on any atom is -0.339 e. The van der Waals surface area contributed by atoms with Crippen molar-refractivity contribution < 1.29 is 0 Å². The van der Waals surface area contributed by atoms with Gasteiger partial charge in [0.15, 0.2) is 0 Å². The highest BCUT2D eigenvalue weighted by Gasteiger charge is 2.11. The summed E-state index contributed by atoms with van der Waals surface area (Å²) in [5.41, 5.74) is 1.89. The summed E-state index contributed by atoms with van der Waals surface area (Å²) in [6, 6.07) is 7.10. The van der Waals surface area contributed by atoms with Gasteiger partial charge in [-0.1, -0.05) is 30.1 Å². The largest absolute Gasteiger partial charge is 0.339 e. The summed E-state index contributed by atoms with van der Waals surface area (Å²) in [6.07, 6.45) is 1.68. The van der Waals surface area contributed by atoms with E-state index in [9.17, 15) is 0 Å². The molecular formula is C15H14Cl2N4. The maximum atomic E-state index is 8.96. The van der Waals surface area contributed by atoms with E-state index >= 15 is 0 Å². The highest BCUT2D eigenvalue weighted by molar-refractivity contribution is 6.33. The van der Waals surface area contributed by atoms with Crippen LogP contribution in [0.15, 0.2) is 18.2 Å². The minimum atomic E-state index is 0.420. The van der Waals surface area contributed by atoms with Gasteiger partial charge in [-0.2, -0.15) is 5.26 Å². The molecule has 0 bridgehead atoms. The lowest BCUT2D eigenvalue weighted by Crippen LogP contribution is -2.04. The topological polar surface area (TPSA) is 61.6 Å². The normalized spacial score (nSPS) is 10.2. The van der Waals surface area contributed by atoms with Gasteiger partial charge in [0.05, 0.1) is 22.3 Å². The lowest BCUT2D eigenvalue weighted by atomic mass is 10.2. The van der Waals surface area contributed by atoms with Gasteiger partial charge in [0, 0.05) is 12.0 Å². The molecule has 1 aromatic heterocycles. The van der Waals surface area contributed by atoms with Crippen molar-refractivity contribution in [2.75, 3.05) is 5.32 Å². The quantitative estimate of drug-likeness (QED) is 0.832. The third-order valence-electron chi connectivity index (χ3n) is 2.95. The summed E-state index contributed by atoms with van der Waals surface area (Å²) in [6.45, 7) is 3.89. The standard InChI is InChI=1S/C15H14Cl2N4/c1-3-4-13-20-14(17)9(2)15(21-13)19-12-7-10(8-18)5-6-11(12)16/h5-7H,3-4H2,1-2H3,(H,19,20,21). The number of anilines is 2. The van der Waals surface area contributed by atoms with Crippen molar-refractivity contribution in [3.8, 4) is 6.07 Å². The van der Waals surface area contributed by atoms with Crippen LogP contribution in [0.5, 0.6) is 0 Å². The number of nitrogens with one attached hydrogen (secondary N) is 1. The lowest BCUT2D eigenvalue weighted by molar-refractivity contribution is 0.833. The van der Waals surface area contributed by atoms with Crippen molar-refractivity contribution in [3.05, 3.63) is 45.3 Å². The number of halogens is 2. The molecule has 0 aliphatic rings. The van der Waals surface area contributed by atoms with E-state index in [-0.39, 0.29) is 0 Å². The molecule has 0 radical (unpaired) electrons. The molecule has 2 rings (SSSR count). The number of nitrogens with zero attached hydrogens (tertiary/aromatic N) is 3. The third kappa shape index (κ3) is 3.63. The molecule has 0 atom stereocenters. The molecular weight excluding hydrogens is 307 g/mol. The van der Waals surface area contributed by atoms with Crippen LogP contribution in [0, 0.1) is 18.3 Å². The molecule has 0 amide bonds. The molecule has 21 heavy (non-hydrogen) atoms. The highest BCUT2D eigenvalue weighted by Crippen LogP contribution is 2.29. The van der Waals surface area contributed by atoms with E-state index in [1.807, 2.05) is 6.92 Å². The fraction of sp³-hybridized carbons (Fsp3) is 0.267. The van der Waals surface area contributed by atoms with Crippen molar-refractivity contribution in [1.29, 1.82) is 5.26 Å². The van der Waals surface area contributed by atoms with Crippen LogP contribution in [-0.4, -0.2) is 9.97 Å². The van der Waals surface area contributed by atoms with Gasteiger partial charge in [0.2, 0.25) is 0 Å². The van der Waals surface area contributed by atoms with Gasteiger partial charge in [-0.15, -0.1) is 0 Å². The Morgan fingerprint density at radius 2 is 2.05 bits per heavy atom. The Bertz CT molecular complexity index is 708. The fourth-order valence-corrected chi connectivity index (χ4v) is 2.16. The first-order valence-electron chi connectivity index (χ1n) is 6.54. The summed E-state index contributed by atoms with van der Waals surface area (Å²) in [4.78, 5) is 8.72. The van der Waals surface area contributed by atoms with E-state index < -0.39 is 0 Å². The van der Waals surface area contributed by atoms with Crippen LogP contribution in [0.25, 0.3) is 0 Å². The average Bonchev–Trinajstić information content (AvgIpc) is 2.46. The predicted molar refractivity (Wildman–Crippen MR) is 85.2 cm³/mol. The molecule has 0 saturated carbocycles. The van der Waals surface area contributed by atoms with Gasteiger partial charge in [-0.25, -0.2) is 9.97 Å². The van der Waals surface area contributed by atoms with E-state index in [2.05, 4.69) is 28.3 Å². The van der Waals surface area contributed by atoms with E-state index in [1.54, 1.807) is 18.2 Å². The zero-order valence-electron chi connectivity index (χ0n) is 11.7. The number of rotatable bonds is 4. The van der Waals surface area contributed by atoms with Crippen molar-refractivity contribution in [3.63, 3.8) is 0 Å². The van der Waals surface area contributed by atoms with Crippen molar-refractivity contribution >= 4 is 34.7 Å². The van der Waals surface area contributed by atoms with Gasteiger partial charge < -0.3 is 5.32 Å². The molecule has 0 aliphatic carbocycles. The maximum absolute atomic E-state index is 8.96. The Morgan fingerprint density at radius 1 is 1.29 bits per heavy atom. The van der Waals surface area contributed by atoms with Crippen molar-refractivity contribution in [1.82, 2.24) is 9.97 Å². The molecule has 4 nitrogen and oxygen atoms in total. The Balaban J connectivity index is 2.41. The number of aromatic nitrogens is 2. The molecule has 1 N–H and O–H groups in total. The van der Waals surface area contributed by atoms with Crippen LogP contribution in [0.3, 0.4) is 0 Å². The Labute approximate surface area is 133 Å². The van der Waals surface area contributed by atoms with E-state index in [0.29, 0.717) is 33.1 Å². The number of benzene rings is 1. The number of hydrogen-bond donors (Lipinski definition) is 1. The molecule has 0 spiro atoms. The van der Waals surface area contributed by atoms with Gasteiger partial charge in [-0.3, -0.25) is 0 Å². The Kier molecular flexibility index (Phi) is 5.00. The van der Waals surface area contributed by atoms with Crippen LogP contribution in [0.2, 0.25) is 10.2 Å². The predicted octanol–water partition coefficient (Wildman–Crippen LogP) is 4.66. The summed E-state index contributed by atoms with van der Waals surface area (Å²) in [7, 11) is 0. The van der Waals surface area contributed by atoms with Crippen LogP contribution < -0.4 is 5.32 Å². The van der Waals surface area contributed by atoms with E-state index in [1.165, 1.54) is 0 Å². The molecule has 6 heteroatoms. The number of aryl methyl sites for hydroxylation is 1. The third-order valence-corrected chi connectivity index (χ3v) is 3.65. The van der Waals surface area contributed by atoms with Gasteiger partial charge in [0.25, 0.3) is 0 Å². The molecule has 108 valence electrons. The molecule has 0 unspecified atom stereocenters. The lowest BCUT2D eigenvalue weighted by Gasteiger charge is -2.12. The second-order valence-corrected chi connectivity index (χ2v) is 5.35. The summed E-state index contributed by atoms with van der Waals surface area (Å²) >= 11 is 12.3. The molecule has 2 aromatic rings. The molecule has 0 saturated heterocycles. The second-order valence-electron chi connectivity index (χ2n) is 4.59. The zero-order valence-corrected chi connectivity index (χ0v) is 13.3. The van der Waals surface area contributed by atoms with Gasteiger partial charge in [-0.05, 0) is 31.5 Å². The van der Waals surface area contributed by atoms with E-state index in [0.717, 1.165) is 18.4 Å². The van der Waals surface area contributed by atoms with E-state index in [4.69, 9.17) is 28.5 Å². The van der Waals surface area contributed by atoms with Crippen molar-refractivity contribution in [2.24, 2.45) is 0 Å². The summed E-state index contributed by atoms with van der Waals surface area (Å²) in [5, 5.41) is 13.0. The first kappa shape index (κ1) is 15.6. The SMILES string of the molecule is CCCc1nc(Cl)c(C)c(Nc2cc(C#N)ccc2Cl)n1. The number of hydrogen-bond acceptors (Lipinski definition) is 4. The second kappa shape index (κ2) is 6.75. The number of nitriles is 1. The fourth-order valence-electron chi connectivity index (χ4n) is 1.81. The average molecular weight is 321 g/mol. The first-order chi connectivity index (χ1) is 10.0. The molecule has 1 aromatic carbocycles. The Hall–Kier alpha value is -1.83. The summed E-state index contributed by atoms with van der Waals surface area (Å²) < 4.78 is 0. The zero-order chi connectivity index (χ0) is 15.4. The van der Waals surface area contributed by atoms with Crippen LogP contribution in [0.4, 0.5) is 11.5 Å². The summed E-state index contributed by atoms with van der Waals surface area (Å²) in [5.74, 6) is 1.29. The van der Waals surface area contributed by atoms with Crippen LogP contribution >= 0.6 is 23.2 Å². The van der Waals surface area contributed by atoms with Crippen LogP contribution in [-0.2, 0) is 6.42 Å². The monoisotopic (exact) mass is 320 g/mol. The smallest absolute Gasteiger partial charge is 0.138 e. The van der Waals surface area contributed by atoms with Gasteiger partial charge in [0.1, 0.15) is 16.8 Å². The van der Waals surface area contributed by atoms with Crippen LogP contribution in [0.1, 0.15) is 30.3 Å². The highest BCUT2D eigenvalue weighted by atomic mass is 35.5. The molecule has 0 aliphatic heterocycles. The minimum absolute atomic E-state index is 0.420.